The fourth-order valence-corrected chi connectivity index (χ4v) is 4.30. The second-order valence-electron chi connectivity index (χ2n) is 8.29. The summed E-state index contributed by atoms with van der Waals surface area (Å²) in [4.78, 5) is 36.8. The number of hydrogen-bond donors (Lipinski definition) is 1. The maximum atomic E-state index is 13.2. The van der Waals surface area contributed by atoms with Crippen LogP contribution in [0.15, 0.2) is 82.5 Å². The summed E-state index contributed by atoms with van der Waals surface area (Å²) in [6.45, 7) is 0.972. The van der Waals surface area contributed by atoms with E-state index in [0.29, 0.717) is 5.56 Å². The second kappa shape index (κ2) is 10.6. The molecule has 0 radical (unpaired) electrons. The zero-order chi connectivity index (χ0) is 25.0. The molecule has 0 unspecified atom stereocenters. The zero-order valence-electron chi connectivity index (χ0n) is 19.0. The molecule has 1 fully saturated rings. The van der Waals surface area contributed by atoms with E-state index in [-0.39, 0.29) is 13.3 Å². The standard InChI is InChI=1S/C25H25ClN2O7/c1-25(26)21(35-22(31)18-10-6-3-7-11-18)19(14-29)34-23(25)27-13-12-20(30)28(24(27)32)16-33-15-17-8-4-2-5-9-17/h2-13,19,21,23,29H,14-16H2,1H3/t19-,21-,23-,25-/m1/s1. The number of aliphatic hydroxyl groups is 1. The average Bonchev–Trinajstić information content (AvgIpc) is 3.11. The Kier molecular flexibility index (Phi) is 7.51. The first-order valence-corrected chi connectivity index (χ1v) is 11.4. The van der Waals surface area contributed by atoms with Gasteiger partial charge in [0.2, 0.25) is 0 Å². The van der Waals surface area contributed by atoms with Gasteiger partial charge in [0, 0.05) is 12.3 Å². The SMILES string of the molecule is C[C@@]1(Cl)[C@H](OC(=O)c2ccccc2)[C@@H](CO)O[C@H]1n1ccc(=O)n(COCc2ccccc2)c1=O. The molecule has 0 spiro atoms. The number of alkyl halides is 1. The molecule has 9 nitrogen and oxygen atoms in total. The highest BCUT2D eigenvalue weighted by atomic mass is 35.5. The van der Waals surface area contributed by atoms with E-state index in [1.54, 1.807) is 37.3 Å². The van der Waals surface area contributed by atoms with Crippen molar-refractivity contribution in [1.29, 1.82) is 0 Å². The Morgan fingerprint density at radius 2 is 1.74 bits per heavy atom. The summed E-state index contributed by atoms with van der Waals surface area (Å²) in [6.07, 6.45) is -1.94. The number of benzene rings is 2. The summed E-state index contributed by atoms with van der Waals surface area (Å²) < 4.78 is 19.1. The lowest BCUT2D eigenvalue weighted by molar-refractivity contribution is -0.0535. The fourth-order valence-electron chi connectivity index (χ4n) is 3.96. The van der Waals surface area contributed by atoms with Crippen LogP contribution >= 0.6 is 11.6 Å². The molecule has 2 aromatic carbocycles. The van der Waals surface area contributed by atoms with Crippen molar-refractivity contribution in [1.82, 2.24) is 9.13 Å². The second-order valence-corrected chi connectivity index (χ2v) is 9.10. The van der Waals surface area contributed by atoms with Gasteiger partial charge < -0.3 is 19.3 Å². The minimum absolute atomic E-state index is 0.207. The Bertz CT molecular complexity index is 1270. The molecule has 2 heterocycles. The Morgan fingerprint density at radius 1 is 1.09 bits per heavy atom. The number of rotatable bonds is 8. The fraction of sp³-hybridized carbons (Fsp3) is 0.320. The third kappa shape index (κ3) is 5.23. The first-order chi connectivity index (χ1) is 16.8. The minimum atomic E-state index is -1.44. The van der Waals surface area contributed by atoms with Crippen molar-refractivity contribution in [3.8, 4) is 0 Å². The van der Waals surface area contributed by atoms with Gasteiger partial charge in [-0.05, 0) is 24.6 Å². The molecule has 0 bridgehead atoms. The molecule has 1 saturated heterocycles. The van der Waals surface area contributed by atoms with Crippen molar-refractivity contribution < 1.29 is 24.1 Å². The van der Waals surface area contributed by atoms with E-state index < -0.39 is 47.1 Å². The zero-order valence-corrected chi connectivity index (χ0v) is 19.7. The molecule has 4 rings (SSSR count). The van der Waals surface area contributed by atoms with Crippen LogP contribution in [0.1, 0.15) is 29.1 Å². The van der Waals surface area contributed by atoms with Gasteiger partial charge in [0.05, 0.1) is 18.8 Å². The van der Waals surface area contributed by atoms with E-state index in [4.69, 9.17) is 25.8 Å². The summed E-state index contributed by atoms with van der Waals surface area (Å²) in [5, 5.41) is 9.87. The lowest BCUT2D eigenvalue weighted by Crippen LogP contribution is -2.47. The van der Waals surface area contributed by atoms with Gasteiger partial charge in [-0.15, -0.1) is 11.6 Å². The molecule has 184 valence electrons. The number of carbonyl (C=O) groups excluding carboxylic acids is 1. The van der Waals surface area contributed by atoms with E-state index in [1.165, 1.54) is 12.3 Å². The van der Waals surface area contributed by atoms with Gasteiger partial charge in [0.25, 0.3) is 5.56 Å². The Hall–Kier alpha value is -3.24. The van der Waals surface area contributed by atoms with Crippen molar-refractivity contribution in [3.05, 3.63) is 105 Å². The van der Waals surface area contributed by atoms with Crippen LogP contribution in [0.25, 0.3) is 0 Å². The molecule has 1 N–H and O–H groups in total. The lowest BCUT2D eigenvalue weighted by Gasteiger charge is -2.29. The summed E-state index contributed by atoms with van der Waals surface area (Å²) in [5.74, 6) is -0.642. The maximum absolute atomic E-state index is 13.2. The Labute approximate surface area is 206 Å². The van der Waals surface area contributed by atoms with Crippen molar-refractivity contribution >= 4 is 17.6 Å². The molecule has 3 aromatic rings. The first kappa shape index (κ1) is 24.9. The molecular weight excluding hydrogens is 476 g/mol. The van der Waals surface area contributed by atoms with E-state index in [1.807, 2.05) is 30.3 Å². The van der Waals surface area contributed by atoms with E-state index in [2.05, 4.69) is 0 Å². The largest absolute Gasteiger partial charge is 0.454 e. The van der Waals surface area contributed by atoms with Crippen LogP contribution in [0.2, 0.25) is 0 Å². The predicted molar refractivity (Wildman–Crippen MR) is 127 cm³/mol. The van der Waals surface area contributed by atoms with Crippen molar-refractivity contribution in [3.63, 3.8) is 0 Å². The third-order valence-corrected chi connectivity index (χ3v) is 6.19. The highest BCUT2D eigenvalue weighted by Crippen LogP contribution is 2.44. The highest BCUT2D eigenvalue weighted by Gasteiger charge is 2.56. The van der Waals surface area contributed by atoms with Crippen LogP contribution in [-0.4, -0.2) is 43.9 Å². The van der Waals surface area contributed by atoms with Crippen LogP contribution < -0.4 is 11.2 Å². The molecule has 1 aliphatic rings. The van der Waals surface area contributed by atoms with Crippen LogP contribution in [0.5, 0.6) is 0 Å². The van der Waals surface area contributed by atoms with Crippen LogP contribution in [0, 0.1) is 0 Å². The van der Waals surface area contributed by atoms with Gasteiger partial charge >= 0.3 is 11.7 Å². The molecule has 0 aliphatic carbocycles. The summed E-state index contributed by atoms with van der Waals surface area (Å²) in [7, 11) is 0. The van der Waals surface area contributed by atoms with Gasteiger partial charge in [-0.1, -0.05) is 48.5 Å². The molecule has 1 aliphatic heterocycles. The first-order valence-electron chi connectivity index (χ1n) is 11.0. The van der Waals surface area contributed by atoms with Gasteiger partial charge in [0.1, 0.15) is 17.7 Å². The molecule has 35 heavy (non-hydrogen) atoms. The van der Waals surface area contributed by atoms with Crippen LogP contribution in [0.4, 0.5) is 0 Å². The maximum Gasteiger partial charge on any atom is 0.338 e. The summed E-state index contributed by atoms with van der Waals surface area (Å²) in [5.41, 5.74) is -0.0759. The molecular formula is C25H25ClN2O7. The number of esters is 1. The molecule has 0 saturated carbocycles. The summed E-state index contributed by atoms with van der Waals surface area (Å²) in [6, 6.07) is 18.8. The molecule has 10 heteroatoms. The topological polar surface area (TPSA) is 109 Å². The van der Waals surface area contributed by atoms with Gasteiger partial charge in [-0.3, -0.25) is 9.36 Å². The minimum Gasteiger partial charge on any atom is -0.454 e. The normalized spacial score (nSPS) is 23.8. The van der Waals surface area contributed by atoms with E-state index in [0.717, 1.165) is 14.7 Å². The Balaban J connectivity index is 1.57. The number of hydrogen-bond acceptors (Lipinski definition) is 7. The van der Waals surface area contributed by atoms with Gasteiger partial charge in [0.15, 0.2) is 12.3 Å². The highest BCUT2D eigenvalue weighted by molar-refractivity contribution is 6.24. The number of aliphatic hydroxyl groups excluding tert-OH is 1. The number of ether oxygens (including phenoxy) is 3. The quantitative estimate of drug-likeness (QED) is 0.373. The number of carbonyl (C=O) groups is 1. The lowest BCUT2D eigenvalue weighted by atomic mass is 10.0. The smallest absolute Gasteiger partial charge is 0.338 e. The monoisotopic (exact) mass is 500 g/mol. The molecule has 0 amide bonds. The number of halogens is 1. The summed E-state index contributed by atoms with van der Waals surface area (Å²) >= 11 is 6.80. The van der Waals surface area contributed by atoms with Gasteiger partial charge in [-0.2, -0.15) is 0 Å². The molecule has 1 aromatic heterocycles. The Morgan fingerprint density at radius 3 is 2.40 bits per heavy atom. The predicted octanol–water partition coefficient (Wildman–Crippen LogP) is 2.30. The van der Waals surface area contributed by atoms with Crippen molar-refractivity contribution in [2.75, 3.05) is 6.61 Å². The van der Waals surface area contributed by atoms with Crippen LogP contribution in [0.3, 0.4) is 0 Å². The molecule has 4 atom stereocenters. The third-order valence-electron chi connectivity index (χ3n) is 5.78. The average molecular weight is 501 g/mol. The van der Waals surface area contributed by atoms with Gasteiger partial charge in [-0.25, -0.2) is 14.2 Å². The number of nitrogens with zero attached hydrogens (tertiary/aromatic N) is 2. The van der Waals surface area contributed by atoms with Crippen molar-refractivity contribution in [2.24, 2.45) is 0 Å². The van der Waals surface area contributed by atoms with Crippen molar-refractivity contribution in [2.45, 2.75) is 43.6 Å². The number of aromatic nitrogens is 2. The van der Waals surface area contributed by atoms with E-state index in [9.17, 15) is 19.5 Å². The van der Waals surface area contributed by atoms with E-state index >= 15 is 0 Å². The van der Waals surface area contributed by atoms with Crippen LogP contribution in [-0.2, 0) is 27.5 Å².